The van der Waals surface area contributed by atoms with Gasteiger partial charge in [-0.15, -0.1) is 0 Å². The van der Waals surface area contributed by atoms with E-state index in [0.29, 0.717) is 12.3 Å². The summed E-state index contributed by atoms with van der Waals surface area (Å²) in [6.45, 7) is 4.90. The van der Waals surface area contributed by atoms with Gasteiger partial charge in [0.2, 0.25) is 0 Å². The molecule has 1 saturated heterocycles. The van der Waals surface area contributed by atoms with E-state index in [1.54, 1.807) is 24.3 Å². The number of ether oxygens (including phenoxy) is 1. The van der Waals surface area contributed by atoms with Crippen LogP contribution in [0.1, 0.15) is 5.56 Å². The predicted molar refractivity (Wildman–Crippen MR) is 96.0 cm³/mol. The minimum absolute atomic E-state index is 0.176. The second-order valence-corrected chi connectivity index (χ2v) is 6.63. The van der Waals surface area contributed by atoms with E-state index in [1.807, 2.05) is 6.07 Å². The number of piperazine rings is 1. The lowest BCUT2D eigenvalue weighted by Crippen LogP contribution is -2.48. The highest BCUT2D eigenvalue weighted by atomic mass is 19.1. The van der Waals surface area contributed by atoms with Gasteiger partial charge in [0.1, 0.15) is 30.1 Å². The Kier molecular flexibility index (Phi) is 6.55. The van der Waals surface area contributed by atoms with Gasteiger partial charge in [0.05, 0.1) is 0 Å². The van der Waals surface area contributed by atoms with E-state index in [0.717, 1.165) is 38.3 Å². The first kappa shape index (κ1) is 18.8. The van der Waals surface area contributed by atoms with Crippen LogP contribution in [0.15, 0.2) is 48.5 Å². The minimum Gasteiger partial charge on any atom is -0.491 e. The molecule has 3 rings (SSSR count). The Labute approximate surface area is 152 Å². The van der Waals surface area contributed by atoms with Crippen molar-refractivity contribution in [1.29, 1.82) is 0 Å². The van der Waals surface area contributed by atoms with Crippen LogP contribution in [0, 0.1) is 11.6 Å². The van der Waals surface area contributed by atoms with Crippen LogP contribution in [0.3, 0.4) is 0 Å². The molecule has 1 heterocycles. The maximum Gasteiger partial charge on any atom is 0.123 e. The Hall–Kier alpha value is -2.02. The summed E-state index contributed by atoms with van der Waals surface area (Å²) in [5.74, 6) is 0.0322. The van der Waals surface area contributed by atoms with Crippen LogP contribution in [0.25, 0.3) is 0 Å². The molecule has 0 saturated carbocycles. The fraction of sp³-hybridized carbons (Fsp3) is 0.400. The third-order valence-electron chi connectivity index (χ3n) is 4.49. The summed E-state index contributed by atoms with van der Waals surface area (Å²) in [5.41, 5.74) is 0.978. The van der Waals surface area contributed by atoms with Crippen molar-refractivity contribution in [2.24, 2.45) is 0 Å². The average Bonchev–Trinajstić information content (AvgIpc) is 2.63. The number of aliphatic hydroxyl groups is 1. The topological polar surface area (TPSA) is 35.9 Å². The molecule has 6 heteroatoms. The third-order valence-corrected chi connectivity index (χ3v) is 4.49. The molecule has 1 N–H and O–H groups in total. The minimum atomic E-state index is -0.602. The first-order chi connectivity index (χ1) is 12.6. The molecule has 0 amide bonds. The molecule has 4 nitrogen and oxygen atoms in total. The number of aliphatic hydroxyl groups excluding tert-OH is 1. The SMILES string of the molecule is O[C@H](COc1ccc(F)cc1)CN1CCN(Cc2cccc(F)c2)CC1. The number of hydrogen-bond acceptors (Lipinski definition) is 4. The number of rotatable bonds is 7. The first-order valence-corrected chi connectivity index (χ1v) is 8.84. The van der Waals surface area contributed by atoms with E-state index >= 15 is 0 Å². The summed E-state index contributed by atoms with van der Waals surface area (Å²) in [5, 5.41) is 10.2. The zero-order chi connectivity index (χ0) is 18.4. The van der Waals surface area contributed by atoms with Crippen LogP contribution in [0.5, 0.6) is 5.75 Å². The van der Waals surface area contributed by atoms with Crippen molar-refractivity contribution in [2.45, 2.75) is 12.6 Å². The lowest BCUT2D eigenvalue weighted by molar-refractivity contribution is 0.0446. The van der Waals surface area contributed by atoms with Crippen molar-refractivity contribution in [2.75, 3.05) is 39.3 Å². The molecule has 2 aromatic carbocycles. The summed E-state index contributed by atoms with van der Waals surface area (Å²) < 4.78 is 31.6. The number of nitrogens with zero attached hydrogens (tertiary/aromatic N) is 2. The summed E-state index contributed by atoms with van der Waals surface area (Å²) in [6, 6.07) is 12.5. The van der Waals surface area contributed by atoms with Crippen molar-refractivity contribution >= 4 is 0 Å². The molecule has 1 atom stereocenters. The van der Waals surface area contributed by atoms with Gasteiger partial charge >= 0.3 is 0 Å². The number of benzene rings is 2. The van der Waals surface area contributed by atoms with Crippen molar-refractivity contribution < 1.29 is 18.6 Å². The Balaban J connectivity index is 1.37. The Morgan fingerprint density at radius 1 is 0.923 bits per heavy atom. The van der Waals surface area contributed by atoms with E-state index in [-0.39, 0.29) is 18.2 Å². The van der Waals surface area contributed by atoms with Gasteiger partial charge in [-0.3, -0.25) is 9.80 Å². The van der Waals surface area contributed by atoms with Gasteiger partial charge in [-0.2, -0.15) is 0 Å². The molecule has 1 aliphatic rings. The van der Waals surface area contributed by atoms with Crippen molar-refractivity contribution in [3.05, 3.63) is 65.7 Å². The number of β-amino-alcohol motifs (C(OH)–C–C–N with tert-alkyl or cyclic N) is 1. The van der Waals surface area contributed by atoms with E-state index < -0.39 is 6.10 Å². The smallest absolute Gasteiger partial charge is 0.123 e. The summed E-state index contributed by atoms with van der Waals surface area (Å²) in [6.07, 6.45) is -0.602. The van der Waals surface area contributed by atoms with Gasteiger partial charge < -0.3 is 9.84 Å². The molecule has 140 valence electrons. The molecule has 26 heavy (non-hydrogen) atoms. The maximum atomic E-state index is 13.3. The largest absolute Gasteiger partial charge is 0.491 e. The van der Waals surface area contributed by atoms with E-state index in [4.69, 9.17) is 4.74 Å². The Morgan fingerprint density at radius 3 is 2.31 bits per heavy atom. The van der Waals surface area contributed by atoms with E-state index in [2.05, 4.69) is 9.80 Å². The molecule has 0 bridgehead atoms. The van der Waals surface area contributed by atoms with Crippen molar-refractivity contribution in [3.63, 3.8) is 0 Å². The Morgan fingerprint density at radius 2 is 1.62 bits per heavy atom. The van der Waals surface area contributed by atoms with Gasteiger partial charge in [0, 0.05) is 39.3 Å². The zero-order valence-electron chi connectivity index (χ0n) is 14.7. The summed E-state index contributed by atoms with van der Waals surface area (Å²) in [4.78, 5) is 4.48. The lowest BCUT2D eigenvalue weighted by atomic mass is 10.2. The summed E-state index contributed by atoms with van der Waals surface area (Å²) in [7, 11) is 0. The molecule has 0 aromatic heterocycles. The molecule has 0 spiro atoms. The molecular weight excluding hydrogens is 338 g/mol. The third kappa shape index (κ3) is 5.76. The van der Waals surface area contributed by atoms with Crippen LogP contribution in [-0.2, 0) is 6.54 Å². The first-order valence-electron chi connectivity index (χ1n) is 8.84. The highest BCUT2D eigenvalue weighted by molar-refractivity contribution is 5.22. The van der Waals surface area contributed by atoms with Gasteiger partial charge in [-0.1, -0.05) is 12.1 Å². The Bertz CT molecular complexity index is 688. The molecule has 0 unspecified atom stereocenters. The molecule has 2 aromatic rings. The summed E-state index contributed by atoms with van der Waals surface area (Å²) >= 11 is 0. The molecular formula is C20H24F2N2O2. The molecule has 1 fully saturated rings. The number of halogens is 2. The highest BCUT2D eigenvalue weighted by Gasteiger charge is 2.19. The van der Waals surface area contributed by atoms with Crippen LogP contribution in [-0.4, -0.2) is 60.3 Å². The average molecular weight is 362 g/mol. The van der Waals surface area contributed by atoms with Gasteiger partial charge in [0.15, 0.2) is 0 Å². The molecule has 0 radical (unpaired) electrons. The van der Waals surface area contributed by atoms with Crippen LogP contribution in [0.2, 0.25) is 0 Å². The monoisotopic (exact) mass is 362 g/mol. The van der Waals surface area contributed by atoms with Crippen LogP contribution in [0.4, 0.5) is 8.78 Å². The van der Waals surface area contributed by atoms with Crippen molar-refractivity contribution in [1.82, 2.24) is 9.80 Å². The molecule has 0 aliphatic carbocycles. The number of hydrogen-bond donors (Lipinski definition) is 1. The predicted octanol–water partition coefficient (Wildman–Crippen LogP) is 2.52. The maximum absolute atomic E-state index is 13.3. The van der Waals surface area contributed by atoms with E-state index in [1.165, 1.54) is 18.2 Å². The lowest BCUT2D eigenvalue weighted by Gasteiger charge is -2.35. The zero-order valence-corrected chi connectivity index (χ0v) is 14.7. The van der Waals surface area contributed by atoms with Gasteiger partial charge in [-0.05, 0) is 42.0 Å². The second kappa shape index (κ2) is 9.07. The highest BCUT2D eigenvalue weighted by Crippen LogP contribution is 2.13. The van der Waals surface area contributed by atoms with E-state index in [9.17, 15) is 13.9 Å². The standard InChI is InChI=1S/C20H24F2N2O2/c21-17-4-6-20(7-5-17)26-15-19(25)14-24-10-8-23(9-11-24)13-16-2-1-3-18(22)12-16/h1-7,12,19,25H,8-11,13-15H2/t19-/m0/s1. The van der Waals surface area contributed by atoms with Gasteiger partial charge in [-0.25, -0.2) is 8.78 Å². The fourth-order valence-corrected chi connectivity index (χ4v) is 3.10. The fourth-order valence-electron chi connectivity index (χ4n) is 3.10. The van der Waals surface area contributed by atoms with Gasteiger partial charge in [0.25, 0.3) is 0 Å². The second-order valence-electron chi connectivity index (χ2n) is 6.63. The van der Waals surface area contributed by atoms with Crippen molar-refractivity contribution in [3.8, 4) is 5.75 Å². The quantitative estimate of drug-likeness (QED) is 0.821. The molecule has 1 aliphatic heterocycles. The normalized spacial score (nSPS) is 17.2. The van der Waals surface area contributed by atoms with Crippen LogP contribution >= 0.6 is 0 Å². The van der Waals surface area contributed by atoms with Crippen LogP contribution < -0.4 is 4.74 Å².